The van der Waals surface area contributed by atoms with E-state index in [1.54, 1.807) is 24.5 Å². The molecule has 2 unspecified atom stereocenters. The first-order valence-electron chi connectivity index (χ1n) is 5.47. The van der Waals surface area contributed by atoms with Crippen molar-refractivity contribution < 1.29 is 8.42 Å². The molecule has 2 heterocycles. The fourth-order valence-electron chi connectivity index (χ4n) is 1.51. The molecule has 0 aliphatic rings. The third-order valence-corrected chi connectivity index (χ3v) is 8.28. The summed E-state index contributed by atoms with van der Waals surface area (Å²) in [6.07, 6.45) is 3.24. The Labute approximate surface area is 116 Å². The Morgan fingerprint density at radius 1 is 1.21 bits per heavy atom. The molecule has 0 radical (unpaired) electrons. The quantitative estimate of drug-likeness (QED) is 0.788. The minimum Gasteiger partial charge on any atom is -0.237 e. The SMILES string of the molecule is CPN(PC)S(=O)(=O)c1ccn(-c2ccccn2)n1. The topological polar surface area (TPSA) is 68.1 Å². The molecule has 2 atom stereocenters. The maximum Gasteiger partial charge on any atom is 0.268 e. The van der Waals surface area contributed by atoms with Crippen LogP contribution in [0, 0.1) is 0 Å². The summed E-state index contributed by atoms with van der Waals surface area (Å²) in [6, 6.07) is 6.88. The number of aromatic nitrogens is 3. The van der Waals surface area contributed by atoms with E-state index in [2.05, 4.69) is 10.1 Å². The van der Waals surface area contributed by atoms with Gasteiger partial charge < -0.3 is 0 Å². The summed E-state index contributed by atoms with van der Waals surface area (Å²) in [5, 5.41) is 4.16. The third-order valence-electron chi connectivity index (χ3n) is 2.36. The van der Waals surface area contributed by atoms with Crippen molar-refractivity contribution in [1.82, 2.24) is 18.6 Å². The fourth-order valence-corrected chi connectivity index (χ4v) is 5.50. The lowest BCUT2D eigenvalue weighted by atomic mass is 10.5. The second kappa shape index (κ2) is 6.06. The summed E-state index contributed by atoms with van der Waals surface area (Å²) in [4.78, 5) is 4.13. The molecule has 0 spiro atoms. The van der Waals surface area contributed by atoms with Crippen LogP contribution in [0.15, 0.2) is 41.7 Å². The van der Waals surface area contributed by atoms with Gasteiger partial charge in [-0.25, -0.2) is 18.1 Å². The monoisotopic (exact) mass is 316 g/mol. The smallest absolute Gasteiger partial charge is 0.237 e. The van der Waals surface area contributed by atoms with Gasteiger partial charge in [0.2, 0.25) is 0 Å². The highest BCUT2D eigenvalue weighted by Crippen LogP contribution is 2.34. The van der Waals surface area contributed by atoms with Crippen molar-refractivity contribution in [3.05, 3.63) is 36.7 Å². The van der Waals surface area contributed by atoms with Gasteiger partial charge >= 0.3 is 0 Å². The van der Waals surface area contributed by atoms with E-state index in [4.69, 9.17) is 0 Å². The Bertz CT molecular complexity index is 641. The van der Waals surface area contributed by atoms with Gasteiger partial charge in [-0.05, 0) is 49.0 Å². The molecule has 6 nitrogen and oxygen atoms in total. The maximum absolute atomic E-state index is 12.3. The van der Waals surface area contributed by atoms with E-state index in [1.807, 2.05) is 19.4 Å². The zero-order valence-corrected chi connectivity index (χ0v) is 13.3. The molecule has 0 fully saturated rings. The molecular weight excluding hydrogens is 302 g/mol. The number of sulfonamides is 1. The number of rotatable bonds is 5. The molecule has 0 aromatic carbocycles. The molecule has 0 bridgehead atoms. The Morgan fingerprint density at radius 2 is 1.95 bits per heavy atom. The molecule has 0 aliphatic carbocycles. The van der Waals surface area contributed by atoms with Gasteiger partial charge in [0.25, 0.3) is 10.0 Å². The number of hydrogen-bond donors (Lipinski definition) is 0. The van der Waals surface area contributed by atoms with Crippen LogP contribution in [-0.4, -0.2) is 40.4 Å². The summed E-state index contributed by atoms with van der Waals surface area (Å²) >= 11 is 0. The first kappa shape index (κ1) is 14.5. The van der Waals surface area contributed by atoms with Crippen molar-refractivity contribution in [3.63, 3.8) is 0 Å². The van der Waals surface area contributed by atoms with E-state index >= 15 is 0 Å². The van der Waals surface area contributed by atoms with Crippen LogP contribution in [0.25, 0.3) is 5.82 Å². The third kappa shape index (κ3) is 3.00. The van der Waals surface area contributed by atoms with Gasteiger partial charge in [-0.2, -0.15) is 8.94 Å². The van der Waals surface area contributed by atoms with Gasteiger partial charge in [-0.15, -0.1) is 0 Å². The molecule has 0 saturated carbocycles. The van der Waals surface area contributed by atoms with Gasteiger partial charge in [-0.1, -0.05) is 6.07 Å². The fraction of sp³-hybridized carbons (Fsp3) is 0.200. The van der Waals surface area contributed by atoms with Crippen molar-refractivity contribution in [2.45, 2.75) is 5.03 Å². The molecule has 0 saturated heterocycles. The molecule has 0 N–H and O–H groups in total. The molecule has 19 heavy (non-hydrogen) atoms. The Kier molecular flexibility index (Phi) is 4.63. The van der Waals surface area contributed by atoms with Crippen molar-refractivity contribution in [2.75, 3.05) is 13.3 Å². The van der Waals surface area contributed by atoms with E-state index in [0.717, 1.165) is 0 Å². The van der Waals surface area contributed by atoms with Gasteiger partial charge in [0.15, 0.2) is 10.8 Å². The number of hydrogen-bond acceptors (Lipinski definition) is 4. The van der Waals surface area contributed by atoms with E-state index in [0.29, 0.717) is 5.82 Å². The predicted octanol–water partition coefficient (Wildman–Crippen LogP) is 1.70. The van der Waals surface area contributed by atoms with Crippen molar-refractivity contribution >= 4 is 27.5 Å². The maximum atomic E-state index is 12.3. The zero-order valence-electron chi connectivity index (χ0n) is 10.5. The first-order chi connectivity index (χ1) is 9.09. The van der Waals surface area contributed by atoms with E-state index < -0.39 is 10.0 Å². The van der Waals surface area contributed by atoms with Gasteiger partial charge in [0.1, 0.15) is 0 Å². The highest BCUT2D eigenvalue weighted by molar-refractivity contribution is 7.97. The van der Waals surface area contributed by atoms with Crippen LogP contribution >= 0.6 is 17.5 Å². The van der Waals surface area contributed by atoms with Crippen LogP contribution in [0.5, 0.6) is 0 Å². The first-order valence-corrected chi connectivity index (χ1v) is 9.80. The average Bonchev–Trinajstić information content (AvgIpc) is 2.91. The molecule has 0 amide bonds. The highest BCUT2D eigenvalue weighted by atomic mass is 32.2. The predicted molar refractivity (Wildman–Crippen MR) is 78.9 cm³/mol. The molecule has 2 aromatic rings. The van der Waals surface area contributed by atoms with Crippen LogP contribution in [0.4, 0.5) is 0 Å². The second-order valence-corrected chi connectivity index (χ2v) is 8.12. The van der Waals surface area contributed by atoms with Gasteiger partial charge in [0.05, 0.1) is 0 Å². The van der Waals surface area contributed by atoms with Crippen LogP contribution in [0.3, 0.4) is 0 Å². The van der Waals surface area contributed by atoms with E-state index in [-0.39, 0.29) is 22.5 Å². The zero-order chi connectivity index (χ0) is 13.9. The minimum absolute atomic E-state index is 0.0573. The van der Waals surface area contributed by atoms with E-state index in [9.17, 15) is 8.42 Å². The summed E-state index contributed by atoms with van der Waals surface area (Å²) in [7, 11) is -3.10. The normalized spacial score (nSPS) is 13.2. The Balaban J connectivity index is 2.37. The molecule has 0 aliphatic heterocycles. The van der Waals surface area contributed by atoms with E-state index in [1.165, 1.54) is 14.6 Å². The molecule has 2 rings (SSSR count). The lowest BCUT2D eigenvalue weighted by molar-refractivity contribution is 0.575. The van der Waals surface area contributed by atoms with Crippen molar-refractivity contribution in [1.29, 1.82) is 0 Å². The average molecular weight is 316 g/mol. The molecule has 9 heteroatoms. The van der Waals surface area contributed by atoms with Crippen LogP contribution in [0.2, 0.25) is 0 Å². The van der Waals surface area contributed by atoms with Gasteiger partial charge in [-0.3, -0.25) is 0 Å². The summed E-state index contributed by atoms with van der Waals surface area (Å²) in [5.41, 5.74) is 0. The van der Waals surface area contributed by atoms with Crippen LogP contribution in [0.1, 0.15) is 0 Å². The highest BCUT2D eigenvalue weighted by Gasteiger charge is 2.24. The van der Waals surface area contributed by atoms with Crippen LogP contribution in [-0.2, 0) is 10.0 Å². The largest absolute Gasteiger partial charge is 0.268 e. The molecular formula is C10H14N4O2P2S. The number of pyridine rings is 1. The Morgan fingerprint density at radius 3 is 2.53 bits per heavy atom. The minimum atomic E-state index is -3.49. The van der Waals surface area contributed by atoms with Crippen LogP contribution < -0.4 is 0 Å². The Hall–Kier alpha value is -0.870. The second-order valence-electron chi connectivity index (χ2n) is 3.50. The van der Waals surface area contributed by atoms with Crippen molar-refractivity contribution in [2.24, 2.45) is 0 Å². The number of nitrogens with zero attached hydrogens (tertiary/aromatic N) is 4. The van der Waals surface area contributed by atoms with Gasteiger partial charge in [0, 0.05) is 12.4 Å². The summed E-state index contributed by atoms with van der Waals surface area (Å²) in [6.45, 7) is 3.67. The summed E-state index contributed by atoms with van der Waals surface area (Å²) in [5.74, 6) is 0.591. The standard InChI is InChI=1S/C10H14N4O2P2S/c1-17-14(18-2)19(15,16)10-6-8-13(12-10)9-5-3-4-7-11-9/h3-8,17-18H,1-2H3. The molecule has 102 valence electrons. The van der Waals surface area contributed by atoms with Crippen molar-refractivity contribution in [3.8, 4) is 5.82 Å². The lowest BCUT2D eigenvalue weighted by Crippen LogP contribution is -2.16. The summed E-state index contributed by atoms with van der Waals surface area (Å²) < 4.78 is 27.5. The lowest BCUT2D eigenvalue weighted by Gasteiger charge is -2.15. The molecule has 2 aromatic heterocycles.